The van der Waals surface area contributed by atoms with Crippen LogP contribution >= 0.6 is 23.1 Å². The van der Waals surface area contributed by atoms with Crippen molar-refractivity contribution in [3.05, 3.63) is 23.1 Å². The Balaban J connectivity index is 1.79. The van der Waals surface area contributed by atoms with E-state index in [-0.39, 0.29) is 34.6 Å². The lowest BCUT2D eigenvalue weighted by Gasteiger charge is -2.36. The number of hydrogen-bond acceptors (Lipinski definition) is 6. The van der Waals surface area contributed by atoms with E-state index in [4.69, 9.17) is 4.74 Å². The molecule has 31 heavy (non-hydrogen) atoms. The number of alkyl halides is 4. The van der Waals surface area contributed by atoms with E-state index < -0.39 is 29.4 Å². The molecule has 1 fully saturated rings. The van der Waals surface area contributed by atoms with Crippen molar-refractivity contribution in [3.8, 4) is 6.07 Å². The Bertz CT molecular complexity index is 1010. The first-order valence-electron chi connectivity index (χ1n) is 9.48. The smallest absolute Gasteiger partial charge is 0.444 e. The van der Waals surface area contributed by atoms with Crippen molar-refractivity contribution in [2.45, 2.75) is 55.4 Å². The molecule has 5 nitrogen and oxygen atoms in total. The van der Waals surface area contributed by atoms with Crippen LogP contribution in [0.3, 0.4) is 0 Å². The maximum absolute atomic E-state index is 14.8. The number of piperidine rings is 1. The van der Waals surface area contributed by atoms with Crippen molar-refractivity contribution >= 4 is 45.0 Å². The van der Waals surface area contributed by atoms with Crippen LogP contribution in [0.4, 0.5) is 28.0 Å². The number of anilines is 1. The maximum atomic E-state index is 14.8. The molecule has 2 aromatic rings. The van der Waals surface area contributed by atoms with Gasteiger partial charge in [0.1, 0.15) is 22.7 Å². The molecule has 1 aromatic carbocycles. The second kappa shape index (κ2) is 8.74. The Hall–Kier alpha value is -2.19. The standard InChI is InChI=1S/C20H21F4N3O2S2/c1-19(2,3)29-18(28)27-8-7-13(12(21)10-27)26-14-6-4-5-11-16(14)30-15(9-25)17(11)31-20(22,23)24/h4-6,12-13,26H,7-8,10H2,1-3H3/t12-,13?/m0/s1. The van der Waals surface area contributed by atoms with Gasteiger partial charge in [0.2, 0.25) is 0 Å². The van der Waals surface area contributed by atoms with Gasteiger partial charge in [-0.15, -0.1) is 11.3 Å². The Labute approximate surface area is 185 Å². The van der Waals surface area contributed by atoms with E-state index in [9.17, 15) is 27.6 Å². The number of nitrogens with zero attached hydrogens (tertiary/aromatic N) is 2. The van der Waals surface area contributed by atoms with Crippen molar-refractivity contribution in [2.75, 3.05) is 18.4 Å². The number of amides is 1. The highest BCUT2D eigenvalue weighted by molar-refractivity contribution is 8.00. The summed E-state index contributed by atoms with van der Waals surface area (Å²) in [5, 5.41) is 12.6. The van der Waals surface area contributed by atoms with E-state index in [2.05, 4.69) is 5.32 Å². The van der Waals surface area contributed by atoms with Gasteiger partial charge in [0.15, 0.2) is 0 Å². The van der Waals surface area contributed by atoms with Gasteiger partial charge in [-0.2, -0.15) is 18.4 Å². The molecule has 1 aromatic heterocycles. The number of thiophene rings is 1. The molecule has 2 atom stereocenters. The van der Waals surface area contributed by atoms with E-state index in [0.29, 0.717) is 22.2 Å². The summed E-state index contributed by atoms with van der Waals surface area (Å²) < 4.78 is 59.4. The van der Waals surface area contributed by atoms with Gasteiger partial charge >= 0.3 is 11.6 Å². The molecule has 0 spiro atoms. The largest absolute Gasteiger partial charge is 0.446 e. The Morgan fingerprint density at radius 2 is 2.06 bits per heavy atom. The number of rotatable bonds is 3. The average Bonchev–Trinajstić information content (AvgIpc) is 2.99. The van der Waals surface area contributed by atoms with E-state index in [1.54, 1.807) is 32.9 Å². The zero-order valence-corrected chi connectivity index (χ0v) is 18.7. The molecule has 1 aliphatic heterocycles. The molecule has 2 heterocycles. The minimum absolute atomic E-state index is 0.0388. The molecule has 0 radical (unpaired) electrons. The second-order valence-electron chi connectivity index (χ2n) is 8.08. The number of ether oxygens (including phenoxy) is 1. The Kier molecular flexibility index (Phi) is 6.62. The van der Waals surface area contributed by atoms with Crippen LogP contribution in [0, 0.1) is 11.3 Å². The molecule has 1 aliphatic rings. The van der Waals surface area contributed by atoms with Crippen LogP contribution in [0.25, 0.3) is 10.1 Å². The highest BCUT2D eigenvalue weighted by atomic mass is 32.2. The van der Waals surface area contributed by atoms with Gasteiger partial charge in [0.05, 0.1) is 27.9 Å². The molecule has 0 bridgehead atoms. The van der Waals surface area contributed by atoms with Crippen molar-refractivity contribution in [1.82, 2.24) is 4.90 Å². The molecule has 1 N–H and O–H groups in total. The normalized spacial score (nSPS) is 19.9. The third-order valence-corrected chi connectivity index (χ3v) is 6.66. The first kappa shape index (κ1) is 23.5. The maximum Gasteiger partial charge on any atom is 0.446 e. The molecule has 1 amide bonds. The highest BCUT2D eigenvalue weighted by Crippen LogP contribution is 2.47. The molecule has 0 aliphatic carbocycles. The number of fused-ring (bicyclic) bond motifs is 1. The van der Waals surface area contributed by atoms with Gasteiger partial charge in [0, 0.05) is 11.9 Å². The summed E-state index contributed by atoms with van der Waals surface area (Å²) >= 11 is 0.621. The van der Waals surface area contributed by atoms with Crippen LogP contribution < -0.4 is 5.32 Å². The molecule has 3 rings (SSSR count). The molecule has 0 saturated carbocycles. The lowest BCUT2D eigenvalue weighted by Crippen LogP contribution is -2.51. The predicted molar refractivity (Wildman–Crippen MR) is 113 cm³/mol. The van der Waals surface area contributed by atoms with Gasteiger partial charge in [-0.05, 0) is 45.0 Å². The summed E-state index contributed by atoms with van der Waals surface area (Å²) in [6.07, 6.45) is -1.67. The third kappa shape index (κ3) is 5.74. The summed E-state index contributed by atoms with van der Waals surface area (Å²) in [6, 6.07) is 5.93. The zero-order valence-electron chi connectivity index (χ0n) is 17.0. The van der Waals surface area contributed by atoms with Crippen molar-refractivity contribution in [2.24, 2.45) is 0 Å². The molecular weight excluding hydrogens is 454 g/mol. The fourth-order valence-corrected chi connectivity index (χ4v) is 5.19. The Morgan fingerprint density at radius 1 is 1.35 bits per heavy atom. The number of nitriles is 1. The van der Waals surface area contributed by atoms with Gasteiger partial charge in [-0.1, -0.05) is 12.1 Å². The fraction of sp³-hybridized carbons (Fsp3) is 0.500. The van der Waals surface area contributed by atoms with Crippen LogP contribution in [0.5, 0.6) is 0 Å². The number of thioether (sulfide) groups is 1. The van der Waals surface area contributed by atoms with Crippen LogP contribution in [0.1, 0.15) is 32.1 Å². The first-order valence-corrected chi connectivity index (χ1v) is 11.1. The summed E-state index contributed by atoms with van der Waals surface area (Å²) in [7, 11) is 0. The third-order valence-electron chi connectivity index (χ3n) is 4.52. The minimum Gasteiger partial charge on any atom is -0.444 e. The van der Waals surface area contributed by atoms with Crippen molar-refractivity contribution in [3.63, 3.8) is 0 Å². The number of hydrogen-bond donors (Lipinski definition) is 1. The molecular formula is C20H21F4N3O2S2. The summed E-state index contributed by atoms with van der Waals surface area (Å²) in [5.41, 5.74) is -4.75. The monoisotopic (exact) mass is 475 g/mol. The van der Waals surface area contributed by atoms with Gasteiger partial charge in [-0.3, -0.25) is 0 Å². The van der Waals surface area contributed by atoms with Crippen molar-refractivity contribution in [1.29, 1.82) is 5.26 Å². The summed E-state index contributed by atoms with van der Waals surface area (Å²) in [5.74, 6) is 0. The molecule has 1 saturated heterocycles. The van der Waals surface area contributed by atoms with E-state index in [1.807, 2.05) is 6.07 Å². The first-order chi connectivity index (χ1) is 14.4. The molecule has 11 heteroatoms. The topological polar surface area (TPSA) is 65.4 Å². The van der Waals surface area contributed by atoms with E-state index >= 15 is 0 Å². The number of benzene rings is 1. The number of halogens is 4. The summed E-state index contributed by atoms with van der Waals surface area (Å²) in [6.45, 7) is 5.33. The van der Waals surface area contributed by atoms with E-state index in [1.165, 1.54) is 11.0 Å². The quantitative estimate of drug-likeness (QED) is 0.426. The summed E-state index contributed by atoms with van der Waals surface area (Å²) in [4.78, 5) is 13.3. The van der Waals surface area contributed by atoms with Crippen LogP contribution in [0.15, 0.2) is 23.1 Å². The molecule has 1 unspecified atom stereocenters. The number of likely N-dealkylation sites (tertiary alicyclic amines) is 1. The van der Waals surface area contributed by atoms with Crippen LogP contribution in [0.2, 0.25) is 0 Å². The van der Waals surface area contributed by atoms with Crippen LogP contribution in [-0.2, 0) is 4.74 Å². The Morgan fingerprint density at radius 3 is 2.65 bits per heavy atom. The number of carbonyl (C=O) groups is 1. The average molecular weight is 476 g/mol. The number of carbonyl (C=O) groups excluding carboxylic acids is 1. The second-order valence-corrected chi connectivity index (χ2v) is 10.2. The lowest BCUT2D eigenvalue weighted by molar-refractivity contribution is -0.0327. The van der Waals surface area contributed by atoms with Gasteiger partial charge in [-0.25, -0.2) is 9.18 Å². The molecule has 168 valence electrons. The highest BCUT2D eigenvalue weighted by Gasteiger charge is 2.35. The number of nitrogens with one attached hydrogen (secondary N) is 1. The van der Waals surface area contributed by atoms with E-state index in [0.717, 1.165) is 11.3 Å². The van der Waals surface area contributed by atoms with Crippen LogP contribution in [-0.4, -0.2) is 47.4 Å². The fourth-order valence-electron chi connectivity index (χ4n) is 3.26. The lowest BCUT2D eigenvalue weighted by atomic mass is 10.0. The van der Waals surface area contributed by atoms with Gasteiger partial charge < -0.3 is 15.0 Å². The SMILES string of the molecule is CC(C)(C)OC(=O)N1CCC(Nc2cccc3c(SC(F)(F)F)c(C#N)sc23)[C@@H](F)C1. The van der Waals surface area contributed by atoms with Crippen molar-refractivity contribution < 1.29 is 27.1 Å². The van der Waals surface area contributed by atoms with Gasteiger partial charge in [0.25, 0.3) is 0 Å². The zero-order chi connectivity index (χ0) is 23.0. The predicted octanol–water partition coefficient (Wildman–Crippen LogP) is 6.14. The minimum atomic E-state index is -4.53.